The average Bonchev–Trinajstić information content (AvgIpc) is 2.64. The molecule has 0 spiro atoms. The molecule has 2 fully saturated rings. The van der Waals surface area contributed by atoms with Crippen LogP contribution in [0.4, 0.5) is 21.9 Å². The molecule has 0 saturated carbocycles. The van der Waals surface area contributed by atoms with Gasteiger partial charge >= 0.3 is 6.09 Å². The van der Waals surface area contributed by atoms with Gasteiger partial charge in [0.15, 0.2) is 0 Å². The van der Waals surface area contributed by atoms with Gasteiger partial charge in [0.2, 0.25) is 0 Å². The summed E-state index contributed by atoms with van der Waals surface area (Å²) in [6.45, 7) is 12.3. The fourth-order valence-electron chi connectivity index (χ4n) is 3.94. The first kappa shape index (κ1) is 20.6. The third-order valence-corrected chi connectivity index (χ3v) is 5.59. The number of benzene rings is 1. The Morgan fingerprint density at radius 1 is 1.04 bits per heavy atom. The average molecular weight is 390 g/mol. The molecule has 7 heteroatoms. The lowest BCUT2D eigenvalue weighted by atomic mass is 9.95. The summed E-state index contributed by atoms with van der Waals surface area (Å²) >= 11 is 0. The van der Waals surface area contributed by atoms with Gasteiger partial charge in [-0.3, -0.25) is 4.90 Å². The van der Waals surface area contributed by atoms with E-state index in [9.17, 15) is 4.79 Å². The largest absolute Gasteiger partial charge is 0.444 e. The summed E-state index contributed by atoms with van der Waals surface area (Å²) in [6.07, 6.45) is 2.16. The number of amides is 1. The number of piperazine rings is 1. The van der Waals surface area contributed by atoms with Crippen LogP contribution in [0.3, 0.4) is 0 Å². The number of nitrogens with zero attached hydrogens (tertiary/aromatic N) is 3. The maximum atomic E-state index is 12.2. The smallest absolute Gasteiger partial charge is 0.410 e. The van der Waals surface area contributed by atoms with Gasteiger partial charge in [-0.05, 0) is 57.7 Å². The van der Waals surface area contributed by atoms with Crippen LogP contribution in [0.15, 0.2) is 18.2 Å². The van der Waals surface area contributed by atoms with E-state index >= 15 is 0 Å². The summed E-state index contributed by atoms with van der Waals surface area (Å²) < 4.78 is 5.48. The minimum atomic E-state index is -0.433. The lowest BCUT2D eigenvalue weighted by Gasteiger charge is -2.39. The minimum absolute atomic E-state index is 0.191. The van der Waals surface area contributed by atoms with E-state index in [1.165, 1.54) is 12.8 Å². The van der Waals surface area contributed by atoms with E-state index < -0.39 is 5.60 Å². The van der Waals surface area contributed by atoms with E-state index in [4.69, 9.17) is 16.2 Å². The molecule has 28 heavy (non-hydrogen) atoms. The Morgan fingerprint density at radius 2 is 1.68 bits per heavy atom. The van der Waals surface area contributed by atoms with Crippen LogP contribution < -0.4 is 16.4 Å². The molecule has 0 aliphatic carbocycles. The number of carbonyl (C=O) groups excluding carboxylic acids is 1. The van der Waals surface area contributed by atoms with E-state index in [1.807, 2.05) is 37.8 Å². The van der Waals surface area contributed by atoms with Gasteiger partial charge in [-0.25, -0.2) is 4.79 Å². The van der Waals surface area contributed by atoms with Gasteiger partial charge in [-0.15, -0.1) is 0 Å². The second-order valence-electron chi connectivity index (χ2n) is 9.01. The first-order valence-electron chi connectivity index (χ1n) is 10.3. The number of piperidine rings is 1. The molecule has 3 rings (SSSR count). The molecule has 0 radical (unpaired) electrons. The third kappa shape index (κ3) is 5.44. The number of ether oxygens (including phenoxy) is 1. The first-order valence-corrected chi connectivity index (χ1v) is 10.3. The number of rotatable bonds is 3. The Kier molecular flexibility index (Phi) is 6.23. The van der Waals surface area contributed by atoms with Crippen molar-refractivity contribution in [1.82, 2.24) is 9.80 Å². The number of anilines is 3. The monoisotopic (exact) mass is 389 g/mol. The molecule has 2 saturated heterocycles. The molecule has 1 aromatic rings. The Balaban J connectivity index is 1.41. The highest BCUT2D eigenvalue weighted by molar-refractivity contribution is 5.70. The summed E-state index contributed by atoms with van der Waals surface area (Å²) in [6, 6.07) is 5.92. The molecule has 156 valence electrons. The molecule has 0 atom stereocenters. The van der Waals surface area contributed by atoms with Crippen molar-refractivity contribution in [2.75, 3.05) is 62.2 Å². The van der Waals surface area contributed by atoms with Gasteiger partial charge in [0.1, 0.15) is 5.60 Å². The SMILES string of the molecule is CC(C)(C)OC(=O)N1CCN(CC2CCN(c3ccc(N)c(N)c3)CC2)CC1. The van der Waals surface area contributed by atoms with Crippen molar-refractivity contribution in [3.8, 4) is 0 Å². The second-order valence-corrected chi connectivity index (χ2v) is 9.01. The molecule has 2 aliphatic rings. The zero-order valence-corrected chi connectivity index (χ0v) is 17.5. The number of hydrogen-bond donors (Lipinski definition) is 2. The fourth-order valence-corrected chi connectivity index (χ4v) is 3.94. The molecule has 1 amide bonds. The van der Waals surface area contributed by atoms with Crippen molar-refractivity contribution in [1.29, 1.82) is 0 Å². The highest BCUT2D eigenvalue weighted by Crippen LogP contribution is 2.28. The summed E-state index contributed by atoms with van der Waals surface area (Å²) in [4.78, 5) is 18.9. The Morgan fingerprint density at radius 3 is 2.25 bits per heavy atom. The second kappa shape index (κ2) is 8.47. The van der Waals surface area contributed by atoms with Crippen LogP contribution >= 0.6 is 0 Å². The molecule has 0 unspecified atom stereocenters. The van der Waals surface area contributed by atoms with Crippen molar-refractivity contribution in [2.45, 2.75) is 39.2 Å². The lowest BCUT2D eigenvalue weighted by molar-refractivity contribution is 0.0130. The van der Waals surface area contributed by atoms with E-state index in [1.54, 1.807) is 0 Å². The summed E-state index contributed by atoms with van der Waals surface area (Å²) in [5.74, 6) is 0.704. The van der Waals surface area contributed by atoms with Crippen molar-refractivity contribution in [3.63, 3.8) is 0 Å². The Labute approximate surface area is 168 Å². The number of hydrogen-bond acceptors (Lipinski definition) is 6. The van der Waals surface area contributed by atoms with Gasteiger partial charge in [-0.1, -0.05) is 0 Å². The third-order valence-electron chi connectivity index (χ3n) is 5.59. The van der Waals surface area contributed by atoms with E-state index in [-0.39, 0.29) is 6.09 Å². The number of carbonyl (C=O) groups is 1. The standard InChI is InChI=1S/C21H35N5O2/c1-21(2,3)28-20(27)26-12-10-24(11-13-26)15-16-6-8-25(9-7-16)17-4-5-18(22)19(23)14-17/h4-5,14,16H,6-13,15,22-23H2,1-3H3. The first-order chi connectivity index (χ1) is 13.2. The van der Waals surface area contributed by atoms with Crippen molar-refractivity contribution < 1.29 is 9.53 Å². The van der Waals surface area contributed by atoms with Crippen LogP contribution in [-0.4, -0.2) is 67.3 Å². The molecule has 2 heterocycles. The van der Waals surface area contributed by atoms with Gasteiger partial charge in [0.25, 0.3) is 0 Å². The zero-order chi connectivity index (χ0) is 20.3. The van der Waals surface area contributed by atoms with Gasteiger partial charge < -0.3 is 26.0 Å². The molecule has 0 bridgehead atoms. The van der Waals surface area contributed by atoms with Gasteiger partial charge in [0, 0.05) is 51.5 Å². The predicted octanol–water partition coefficient (Wildman–Crippen LogP) is 2.62. The number of nitrogens with two attached hydrogens (primary N) is 2. The van der Waals surface area contributed by atoms with Crippen molar-refractivity contribution in [3.05, 3.63) is 18.2 Å². The van der Waals surface area contributed by atoms with Crippen LogP contribution in [0.2, 0.25) is 0 Å². The highest BCUT2D eigenvalue weighted by Gasteiger charge is 2.28. The van der Waals surface area contributed by atoms with Crippen molar-refractivity contribution in [2.24, 2.45) is 5.92 Å². The zero-order valence-electron chi connectivity index (χ0n) is 17.5. The van der Waals surface area contributed by atoms with Crippen molar-refractivity contribution >= 4 is 23.2 Å². The highest BCUT2D eigenvalue weighted by atomic mass is 16.6. The Bertz CT molecular complexity index is 672. The van der Waals surface area contributed by atoms with Crippen LogP contribution in [0, 0.1) is 5.92 Å². The van der Waals surface area contributed by atoms with Crippen LogP contribution in [0.1, 0.15) is 33.6 Å². The van der Waals surface area contributed by atoms with E-state index in [2.05, 4.69) is 15.9 Å². The quantitative estimate of drug-likeness (QED) is 0.773. The summed E-state index contributed by atoms with van der Waals surface area (Å²) in [7, 11) is 0. The molecule has 4 N–H and O–H groups in total. The van der Waals surface area contributed by atoms with Gasteiger partial charge in [-0.2, -0.15) is 0 Å². The number of nitrogen functional groups attached to an aromatic ring is 2. The van der Waals surface area contributed by atoms with Crippen LogP contribution in [0.5, 0.6) is 0 Å². The van der Waals surface area contributed by atoms with Crippen LogP contribution in [0.25, 0.3) is 0 Å². The normalized spacial score (nSPS) is 19.7. The Hall–Kier alpha value is -2.15. The maximum absolute atomic E-state index is 12.2. The minimum Gasteiger partial charge on any atom is -0.444 e. The lowest BCUT2D eigenvalue weighted by Crippen LogP contribution is -2.51. The molecular weight excluding hydrogens is 354 g/mol. The predicted molar refractivity (Wildman–Crippen MR) is 114 cm³/mol. The maximum Gasteiger partial charge on any atom is 0.410 e. The fraction of sp³-hybridized carbons (Fsp3) is 0.667. The topological polar surface area (TPSA) is 88.1 Å². The summed E-state index contributed by atoms with van der Waals surface area (Å²) in [5.41, 5.74) is 13.8. The van der Waals surface area contributed by atoms with E-state index in [0.717, 1.165) is 51.5 Å². The van der Waals surface area contributed by atoms with E-state index in [0.29, 0.717) is 17.3 Å². The molecule has 0 aromatic heterocycles. The molecule has 7 nitrogen and oxygen atoms in total. The molecule has 2 aliphatic heterocycles. The van der Waals surface area contributed by atoms with Crippen LogP contribution in [-0.2, 0) is 4.74 Å². The molecular formula is C21H35N5O2. The van der Waals surface area contributed by atoms with Gasteiger partial charge in [0.05, 0.1) is 11.4 Å². The molecule has 1 aromatic carbocycles. The summed E-state index contributed by atoms with van der Waals surface area (Å²) in [5, 5.41) is 0.